The lowest BCUT2D eigenvalue weighted by Gasteiger charge is -2.33. The van der Waals surface area contributed by atoms with Crippen molar-refractivity contribution in [1.82, 2.24) is 14.9 Å². The number of halogens is 4. The van der Waals surface area contributed by atoms with Crippen LogP contribution in [0.25, 0.3) is 10.1 Å². The van der Waals surface area contributed by atoms with Crippen LogP contribution in [0.3, 0.4) is 0 Å². The fourth-order valence-corrected chi connectivity index (χ4v) is 6.03. The number of anilines is 2. The van der Waals surface area contributed by atoms with Gasteiger partial charge in [0.05, 0.1) is 53.0 Å². The second-order valence-electron chi connectivity index (χ2n) is 9.34. The van der Waals surface area contributed by atoms with Crippen molar-refractivity contribution in [2.45, 2.75) is 31.2 Å². The number of hydrogen-bond acceptors (Lipinski definition) is 7. The number of nitrogens with zero attached hydrogens (tertiary/aromatic N) is 3. The molecule has 0 unspecified atom stereocenters. The van der Waals surface area contributed by atoms with E-state index < -0.39 is 32.7 Å². The molecule has 2 atom stereocenters. The van der Waals surface area contributed by atoms with Gasteiger partial charge < -0.3 is 20.3 Å². The van der Waals surface area contributed by atoms with Gasteiger partial charge in [0.2, 0.25) is 0 Å². The molecule has 2 aromatic heterocycles. The number of fused-ring (bicyclic) bond motifs is 1. The van der Waals surface area contributed by atoms with Crippen molar-refractivity contribution < 1.29 is 22.3 Å². The van der Waals surface area contributed by atoms with E-state index in [9.17, 15) is 17.6 Å². The first-order valence-corrected chi connectivity index (χ1v) is 15.1. The van der Waals surface area contributed by atoms with Crippen molar-refractivity contribution >= 4 is 46.3 Å². The largest absolute Gasteiger partial charge is 0.478 e. The van der Waals surface area contributed by atoms with Crippen LogP contribution in [0.2, 0.25) is 0 Å². The Kier molecular flexibility index (Phi) is 8.96. The van der Waals surface area contributed by atoms with E-state index in [-0.39, 0.29) is 12.1 Å². The molecule has 0 saturated carbocycles. The molecule has 0 aliphatic carbocycles. The van der Waals surface area contributed by atoms with Crippen LogP contribution in [0.1, 0.15) is 16.9 Å². The van der Waals surface area contributed by atoms with Gasteiger partial charge in [0, 0.05) is 13.1 Å². The molecule has 204 valence electrons. The number of methoxy groups -OCH3 is 1. The normalized spacial score (nSPS) is 18.3. The van der Waals surface area contributed by atoms with Gasteiger partial charge in [0.15, 0.2) is 5.82 Å². The van der Waals surface area contributed by atoms with Crippen LogP contribution < -0.4 is 20.8 Å². The minimum atomic E-state index is -4.40. The molecule has 38 heavy (non-hydrogen) atoms. The average Bonchev–Trinajstić information content (AvgIpc) is 3.20. The second kappa shape index (κ2) is 12.0. The Balaban J connectivity index is 1.60. The summed E-state index contributed by atoms with van der Waals surface area (Å²) in [4.78, 5) is 11.1. The number of hydrogen-bond donors (Lipinski definition) is 2. The lowest BCUT2D eigenvalue weighted by Crippen LogP contribution is -2.46. The second-order valence-corrected chi connectivity index (χ2v) is 12.6. The Labute approximate surface area is 224 Å². The van der Waals surface area contributed by atoms with Crippen LogP contribution in [-0.4, -0.2) is 80.4 Å². The van der Waals surface area contributed by atoms with E-state index in [1.165, 1.54) is 18.4 Å². The van der Waals surface area contributed by atoms with Crippen molar-refractivity contribution in [1.29, 1.82) is 0 Å². The summed E-state index contributed by atoms with van der Waals surface area (Å²) in [5.41, 5.74) is 1.61. The van der Waals surface area contributed by atoms with Gasteiger partial charge >= 0.3 is 6.18 Å². The maximum atomic E-state index is 14.7. The van der Waals surface area contributed by atoms with Gasteiger partial charge in [-0.05, 0) is 43.8 Å². The topological polar surface area (TPSA) is 62.3 Å². The van der Waals surface area contributed by atoms with Gasteiger partial charge in [-0.15, -0.1) is 11.3 Å². The number of benzene rings is 1. The smallest absolute Gasteiger partial charge is 0.393 e. The highest BCUT2D eigenvalue weighted by Crippen LogP contribution is 2.39. The maximum absolute atomic E-state index is 14.7. The lowest BCUT2D eigenvalue weighted by atomic mass is 10.0. The molecule has 4 rings (SSSR count). The monoisotopic (exact) mass is 567 g/mol. The molecule has 0 spiro atoms. The fraction of sp³-hybridized carbons (Fsp3) is 0.462. The molecule has 6 nitrogen and oxygen atoms in total. The molecule has 1 fully saturated rings. The Morgan fingerprint density at radius 1 is 1.29 bits per heavy atom. The number of thiophene rings is 1. The number of rotatable bonds is 7. The molecule has 3 heterocycles. The summed E-state index contributed by atoms with van der Waals surface area (Å²) in [5.74, 6) is 6.60. The molecule has 0 amide bonds. The molecule has 1 aromatic carbocycles. The van der Waals surface area contributed by atoms with E-state index in [4.69, 9.17) is 4.74 Å². The van der Waals surface area contributed by atoms with Crippen molar-refractivity contribution in [3.8, 4) is 17.7 Å². The summed E-state index contributed by atoms with van der Waals surface area (Å²) in [6.45, 7) is 5.33. The minimum Gasteiger partial charge on any atom is -0.478 e. The van der Waals surface area contributed by atoms with Crippen LogP contribution in [0.15, 0.2) is 24.4 Å². The van der Waals surface area contributed by atoms with Gasteiger partial charge in [-0.3, -0.25) is 0 Å². The molecular formula is C26H30F4N5OPS. The predicted molar refractivity (Wildman–Crippen MR) is 148 cm³/mol. The van der Waals surface area contributed by atoms with Gasteiger partial charge in [0.25, 0.3) is 5.88 Å². The third-order valence-corrected chi connectivity index (χ3v) is 8.53. The zero-order valence-electron chi connectivity index (χ0n) is 21.6. The first-order chi connectivity index (χ1) is 18.1. The van der Waals surface area contributed by atoms with E-state index in [1.54, 1.807) is 24.4 Å². The zero-order valence-corrected chi connectivity index (χ0v) is 23.3. The van der Waals surface area contributed by atoms with E-state index in [2.05, 4.69) is 45.8 Å². The summed E-state index contributed by atoms with van der Waals surface area (Å²) in [6.07, 6.45) is -4.27. The zero-order chi connectivity index (χ0) is 27.4. The number of aromatic nitrogens is 2. The molecule has 0 radical (unpaired) electrons. The Morgan fingerprint density at radius 2 is 2.08 bits per heavy atom. The Bertz CT molecular complexity index is 1340. The lowest BCUT2D eigenvalue weighted by molar-refractivity contribution is -0.126. The summed E-state index contributed by atoms with van der Waals surface area (Å²) < 4.78 is 61.2. The predicted octanol–water partition coefficient (Wildman–Crippen LogP) is 5.09. The van der Waals surface area contributed by atoms with Gasteiger partial charge in [0.1, 0.15) is 6.17 Å². The minimum absolute atomic E-state index is 0.134. The number of alkyl halides is 4. The molecule has 0 bridgehead atoms. The third-order valence-electron chi connectivity index (χ3n) is 6.21. The first-order valence-electron chi connectivity index (χ1n) is 12.1. The fourth-order valence-electron chi connectivity index (χ4n) is 4.27. The quantitative estimate of drug-likeness (QED) is 0.236. The van der Waals surface area contributed by atoms with Crippen LogP contribution in [0, 0.1) is 11.8 Å². The SMILES string of the molecule is COc1nc(P(C)C)cnc1NCC#Cc1sc2c(N[C@@H]3CCN(C)C[C@@H]3F)cccc2c1CC(F)(F)F. The first kappa shape index (κ1) is 28.3. The number of piperidine rings is 1. The van der Waals surface area contributed by atoms with Crippen molar-refractivity contribution in [2.24, 2.45) is 0 Å². The standard InChI is InChI=1S/C26H30F4N5OPS/c1-35-12-10-19(18(27)15-35)33-20-8-5-7-16-17(13-26(28,29)30)21(38-23(16)20)9-6-11-31-24-25(36-2)34-22(14-32-24)37(3)4/h5,7-8,14,18-19,33H,10-13,15H2,1-4H3,(H,31,32)/t18-,19+/m0/s1. The highest BCUT2D eigenvalue weighted by molar-refractivity contribution is 7.63. The molecule has 2 N–H and O–H groups in total. The van der Waals surface area contributed by atoms with Crippen LogP contribution in [0.5, 0.6) is 5.88 Å². The van der Waals surface area contributed by atoms with E-state index >= 15 is 0 Å². The van der Waals surface area contributed by atoms with Crippen molar-refractivity contribution in [2.75, 3.05) is 57.8 Å². The summed E-state index contributed by atoms with van der Waals surface area (Å²) in [5, 5.41) is 6.77. The van der Waals surface area contributed by atoms with Gasteiger partial charge in [-0.1, -0.05) is 31.9 Å². The highest BCUT2D eigenvalue weighted by Gasteiger charge is 2.32. The maximum Gasteiger partial charge on any atom is 0.393 e. The van der Waals surface area contributed by atoms with Crippen molar-refractivity contribution in [3.05, 3.63) is 34.8 Å². The Hall–Kier alpha value is -2.67. The molecule has 1 saturated heterocycles. The van der Waals surface area contributed by atoms with Crippen LogP contribution in [0.4, 0.5) is 29.1 Å². The molecule has 12 heteroatoms. The van der Waals surface area contributed by atoms with Gasteiger partial charge in [-0.2, -0.15) is 13.2 Å². The highest BCUT2D eigenvalue weighted by atomic mass is 32.1. The van der Waals surface area contributed by atoms with Crippen molar-refractivity contribution in [3.63, 3.8) is 0 Å². The number of likely N-dealkylation sites (tertiary alicyclic amines) is 1. The van der Waals surface area contributed by atoms with E-state index in [0.717, 1.165) is 12.0 Å². The summed E-state index contributed by atoms with van der Waals surface area (Å²) in [6, 6.07) is 4.75. The average molecular weight is 568 g/mol. The molecule has 1 aliphatic heterocycles. The summed E-state index contributed by atoms with van der Waals surface area (Å²) >= 11 is 1.19. The van der Waals surface area contributed by atoms with E-state index in [1.807, 2.05) is 11.9 Å². The van der Waals surface area contributed by atoms with Crippen LogP contribution >= 0.6 is 19.3 Å². The Morgan fingerprint density at radius 3 is 2.76 bits per heavy atom. The molecule has 1 aliphatic rings. The van der Waals surface area contributed by atoms with E-state index in [0.29, 0.717) is 45.3 Å². The number of ether oxygens (including phenoxy) is 1. The van der Waals surface area contributed by atoms with Gasteiger partial charge in [-0.25, -0.2) is 14.4 Å². The summed E-state index contributed by atoms with van der Waals surface area (Å²) in [7, 11) is 2.93. The number of nitrogens with one attached hydrogen (secondary N) is 2. The van der Waals surface area contributed by atoms with Crippen LogP contribution in [-0.2, 0) is 6.42 Å². The third kappa shape index (κ3) is 6.85. The molecule has 3 aromatic rings. The molecular weight excluding hydrogens is 537 g/mol.